The predicted octanol–water partition coefficient (Wildman–Crippen LogP) is 3.20. The smallest absolute Gasteiger partial charge is 0.414 e. The van der Waals surface area contributed by atoms with E-state index in [1.165, 1.54) is 11.0 Å². The number of nitrogens with zero attached hydrogens (tertiary/aromatic N) is 1. The van der Waals surface area contributed by atoms with Crippen LogP contribution in [0, 0.1) is 5.82 Å². The fourth-order valence-corrected chi connectivity index (χ4v) is 2.88. The van der Waals surface area contributed by atoms with Gasteiger partial charge in [0.15, 0.2) is 0 Å². The fraction of sp³-hybridized carbons (Fsp3) is 0.250. The molecule has 0 radical (unpaired) electrons. The van der Waals surface area contributed by atoms with Crippen molar-refractivity contribution in [2.45, 2.75) is 19.6 Å². The molecule has 6 nitrogen and oxygen atoms in total. The van der Waals surface area contributed by atoms with Gasteiger partial charge in [-0.05, 0) is 36.3 Å². The van der Waals surface area contributed by atoms with Crippen molar-refractivity contribution < 1.29 is 23.8 Å². The SMILES string of the molecule is CC1=C(Cc2cccc(N)c2F)C(O)Oc2cc(OC(=O)N(C)C)ccc21. The minimum Gasteiger partial charge on any atom is -0.460 e. The van der Waals surface area contributed by atoms with E-state index < -0.39 is 18.2 Å². The van der Waals surface area contributed by atoms with Crippen LogP contribution in [0.2, 0.25) is 0 Å². The molecule has 1 aliphatic rings. The van der Waals surface area contributed by atoms with Gasteiger partial charge in [0.05, 0.1) is 5.69 Å². The first kappa shape index (κ1) is 18.7. The van der Waals surface area contributed by atoms with Gasteiger partial charge in [-0.15, -0.1) is 0 Å². The average molecular weight is 372 g/mol. The zero-order valence-electron chi connectivity index (χ0n) is 15.3. The van der Waals surface area contributed by atoms with Gasteiger partial charge < -0.3 is 25.2 Å². The van der Waals surface area contributed by atoms with Gasteiger partial charge in [0, 0.05) is 37.7 Å². The average Bonchev–Trinajstić information content (AvgIpc) is 2.61. The van der Waals surface area contributed by atoms with E-state index in [0.29, 0.717) is 22.6 Å². The monoisotopic (exact) mass is 372 g/mol. The van der Waals surface area contributed by atoms with Gasteiger partial charge in [0.1, 0.15) is 17.3 Å². The second-order valence-corrected chi connectivity index (χ2v) is 6.54. The molecule has 2 aromatic carbocycles. The number of rotatable bonds is 3. The third-order valence-electron chi connectivity index (χ3n) is 4.44. The van der Waals surface area contributed by atoms with E-state index in [-0.39, 0.29) is 12.1 Å². The number of hydrogen-bond acceptors (Lipinski definition) is 5. The highest BCUT2D eigenvalue weighted by Crippen LogP contribution is 2.39. The molecule has 1 aliphatic heterocycles. The van der Waals surface area contributed by atoms with E-state index in [4.69, 9.17) is 15.2 Å². The molecule has 0 saturated heterocycles. The van der Waals surface area contributed by atoms with E-state index in [1.807, 2.05) is 6.92 Å². The minimum absolute atomic E-state index is 0.0599. The summed E-state index contributed by atoms with van der Waals surface area (Å²) in [5, 5.41) is 10.4. The summed E-state index contributed by atoms with van der Waals surface area (Å²) in [6.45, 7) is 1.83. The lowest BCUT2D eigenvalue weighted by Gasteiger charge is -2.27. The molecule has 0 fully saturated rings. The largest absolute Gasteiger partial charge is 0.460 e. The number of aliphatic hydroxyl groups excluding tert-OH is 1. The highest BCUT2D eigenvalue weighted by atomic mass is 19.1. The van der Waals surface area contributed by atoms with Gasteiger partial charge in [-0.2, -0.15) is 0 Å². The Bertz CT molecular complexity index is 924. The van der Waals surface area contributed by atoms with Crippen molar-refractivity contribution in [3.05, 3.63) is 58.9 Å². The lowest BCUT2D eigenvalue weighted by molar-refractivity contribution is 0.0103. The summed E-state index contributed by atoms with van der Waals surface area (Å²) in [6, 6.07) is 9.70. The van der Waals surface area contributed by atoms with Crippen molar-refractivity contribution in [3.63, 3.8) is 0 Å². The molecular formula is C20H21FN2O4. The van der Waals surface area contributed by atoms with E-state index in [0.717, 1.165) is 11.1 Å². The maximum atomic E-state index is 14.2. The number of nitrogens with two attached hydrogens (primary N) is 1. The number of nitrogen functional groups attached to an aromatic ring is 1. The van der Waals surface area contributed by atoms with Crippen molar-refractivity contribution in [2.75, 3.05) is 19.8 Å². The molecule has 1 atom stereocenters. The molecule has 0 saturated carbocycles. The van der Waals surface area contributed by atoms with Crippen LogP contribution in [0.4, 0.5) is 14.9 Å². The number of amides is 1. The second kappa shape index (κ2) is 7.28. The lowest BCUT2D eigenvalue weighted by Crippen LogP contribution is -2.26. The van der Waals surface area contributed by atoms with Gasteiger partial charge in [-0.1, -0.05) is 12.1 Å². The van der Waals surface area contributed by atoms with Gasteiger partial charge >= 0.3 is 6.09 Å². The Labute approximate surface area is 156 Å². The summed E-state index contributed by atoms with van der Waals surface area (Å²) in [5.74, 6) is 0.195. The number of benzene rings is 2. The van der Waals surface area contributed by atoms with Crippen LogP contribution in [-0.4, -0.2) is 36.5 Å². The molecule has 0 spiro atoms. The van der Waals surface area contributed by atoms with Crippen LogP contribution in [0.3, 0.4) is 0 Å². The molecule has 0 bridgehead atoms. The first-order chi connectivity index (χ1) is 12.8. The van der Waals surface area contributed by atoms with Gasteiger partial charge in [-0.25, -0.2) is 9.18 Å². The highest BCUT2D eigenvalue weighted by Gasteiger charge is 2.26. The van der Waals surface area contributed by atoms with E-state index >= 15 is 0 Å². The summed E-state index contributed by atoms with van der Waals surface area (Å²) in [6.07, 6.45) is -1.59. The van der Waals surface area contributed by atoms with Gasteiger partial charge in [-0.3, -0.25) is 0 Å². The number of carbonyl (C=O) groups is 1. The molecule has 3 rings (SSSR count). The third-order valence-corrected chi connectivity index (χ3v) is 4.44. The Morgan fingerprint density at radius 1 is 1.33 bits per heavy atom. The van der Waals surface area contributed by atoms with Gasteiger partial charge in [0.25, 0.3) is 0 Å². The Kier molecular flexibility index (Phi) is 5.05. The molecule has 1 amide bonds. The molecule has 2 aromatic rings. The van der Waals surface area contributed by atoms with Crippen LogP contribution in [0.25, 0.3) is 5.57 Å². The fourth-order valence-electron chi connectivity index (χ4n) is 2.88. The molecule has 1 heterocycles. The Morgan fingerprint density at radius 3 is 2.78 bits per heavy atom. The summed E-state index contributed by atoms with van der Waals surface area (Å²) in [7, 11) is 3.16. The third kappa shape index (κ3) is 3.73. The van der Waals surface area contributed by atoms with Crippen LogP contribution in [0.15, 0.2) is 42.0 Å². The molecule has 142 valence electrons. The molecule has 0 aromatic heterocycles. The Balaban J connectivity index is 1.92. The van der Waals surface area contributed by atoms with E-state index in [9.17, 15) is 14.3 Å². The Morgan fingerprint density at radius 2 is 2.07 bits per heavy atom. The van der Waals surface area contributed by atoms with Crippen LogP contribution < -0.4 is 15.2 Å². The lowest BCUT2D eigenvalue weighted by atomic mass is 9.92. The standard InChI is InChI=1S/C20H21FN2O4/c1-11-14-8-7-13(26-20(25)23(2)3)10-17(14)27-19(24)15(11)9-12-5-4-6-16(22)18(12)21/h4-8,10,19,24H,9,22H2,1-3H3. The molecule has 1 unspecified atom stereocenters. The second-order valence-electron chi connectivity index (χ2n) is 6.54. The molecule has 27 heavy (non-hydrogen) atoms. The highest BCUT2D eigenvalue weighted by molar-refractivity contribution is 5.76. The van der Waals surface area contributed by atoms with E-state index in [1.54, 1.807) is 44.4 Å². The zero-order chi connectivity index (χ0) is 19.7. The number of carbonyl (C=O) groups excluding carboxylic acids is 1. The van der Waals surface area contributed by atoms with Crippen LogP contribution in [0.1, 0.15) is 18.1 Å². The first-order valence-corrected chi connectivity index (χ1v) is 8.38. The number of fused-ring (bicyclic) bond motifs is 1. The van der Waals surface area contributed by atoms with Crippen molar-refractivity contribution in [2.24, 2.45) is 0 Å². The van der Waals surface area contributed by atoms with Crippen molar-refractivity contribution in [1.82, 2.24) is 4.90 Å². The number of aliphatic hydroxyl groups is 1. The number of anilines is 1. The molecule has 7 heteroatoms. The number of ether oxygens (including phenoxy) is 2. The summed E-state index contributed by atoms with van der Waals surface area (Å²) in [5.41, 5.74) is 8.12. The van der Waals surface area contributed by atoms with Crippen molar-refractivity contribution >= 4 is 17.4 Å². The maximum absolute atomic E-state index is 14.2. The van der Waals surface area contributed by atoms with E-state index in [2.05, 4.69) is 0 Å². The van der Waals surface area contributed by atoms with Crippen LogP contribution in [0.5, 0.6) is 11.5 Å². The summed E-state index contributed by atoms with van der Waals surface area (Å²) < 4.78 is 25.0. The maximum Gasteiger partial charge on any atom is 0.414 e. The van der Waals surface area contributed by atoms with Gasteiger partial charge in [0.2, 0.25) is 6.29 Å². The first-order valence-electron chi connectivity index (χ1n) is 8.38. The zero-order valence-corrected chi connectivity index (χ0v) is 15.3. The number of halogens is 1. The number of hydrogen-bond donors (Lipinski definition) is 2. The van der Waals surface area contributed by atoms with Crippen LogP contribution >= 0.6 is 0 Å². The predicted molar refractivity (Wildman–Crippen MR) is 99.9 cm³/mol. The quantitative estimate of drug-likeness (QED) is 0.809. The molecule has 0 aliphatic carbocycles. The van der Waals surface area contributed by atoms with Crippen molar-refractivity contribution in [3.8, 4) is 11.5 Å². The summed E-state index contributed by atoms with van der Waals surface area (Å²) >= 11 is 0. The minimum atomic E-state index is -1.24. The number of allylic oxidation sites excluding steroid dienone is 1. The summed E-state index contributed by atoms with van der Waals surface area (Å²) in [4.78, 5) is 13.0. The van der Waals surface area contributed by atoms with Crippen LogP contribution in [-0.2, 0) is 6.42 Å². The van der Waals surface area contributed by atoms with Crippen molar-refractivity contribution in [1.29, 1.82) is 0 Å². The Hall–Kier alpha value is -3.06. The molecular weight excluding hydrogens is 351 g/mol. The topological polar surface area (TPSA) is 85.0 Å². The molecule has 3 N–H and O–H groups in total. The normalized spacial score (nSPS) is 15.8.